The van der Waals surface area contributed by atoms with E-state index in [1.54, 1.807) is 11.0 Å². The highest BCUT2D eigenvalue weighted by Crippen LogP contribution is 2.05. The van der Waals surface area contributed by atoms with Crippen LogP contribution in [-0.4, -0.2) is 20.3 Å². The maximum Gasteiger partial charge on any atom is 0.105 e. The molecule has 0 saturated carbocycles. The number of alkyl halides is 1. The first-order chi connectivity index (χ1) is 7.40. The first kappa shape index (κ1) is 10.1. The first-order valence-corrected chi connectivity index (χ1v) is 5.72. The lowest BCUT2D eigenvalue weighted by Gasteiger charge is -1.96. The Morgan fingerprint density at radius 2 is 2.07 bits per heavy atom. The van der Waals surface area contributed by atoms with E-state index in [-0.39, 0.29) is 0 Å². The lowest BCUT2D eigenvalue weighted by atomic mass is 10.3. The van der Waals surface area contributed by atoms with Gasteiger partial charge >= 0.3 is 0 Å². The fraction of sp³-hybridized carbons (Fsp3) is 0.0909. The molecule has 0 N–H and O–H groups in total. The Labute approximate surface area is 96.6 Å². The molecular weight excluding hydrogens is 254 g/mol. The monoisotopic (exact) mass is 263 g/mol. The van der Waals surface area contributed by atoms with Crippen molar-refractivity contribution in [3.63, 3.8) is 0 Å². The van der Waals surface area contributed by atoms with Gasteiger partial charge in [0.25, 0.3) is 0 Å². The summed E-state index contributed by atoms with van der Waals surface area (Å²) in [5.41, 5.74) is 1.83. The van der Waals surface area contributed by atoms with Crippen LogP contribution in [0.5, 0.6) is 0 Å². The van der Waals surface area contributed by atoms with Crippen LogP contribution in [0, 0.1) is 0 Å². The van der Waals surface area contributed by atoms with Crippen LogP contribution in [0.15, 0.2) is 42.6 Å². The van der Waals surface area contributed by atoms with Crippen LogP contribution >= 0.6 is 15.9 Å². The van der Waals surface area contributed by atoms with Crippen LogP contribution in [0.3, 0.4) is 0 Å². The summed E-state index contributed by atoms with van der Waals surface area (Å²) in [6.45, 7) is 0. The fourth-order valence-electron chi connectivity index (χ4n) is 1.20. The second-order valence-corrected chi connectivity index (χ2v) is 3.60. The third kappa shape index (κ3) is 2.53. The van der Waals surface area contributed by atoms with Crippen molar-refractivity contribution in [2.24, 2.45) is 0 Å². The molecule has 3 nitrogen and oxygen atoms in total. The maximum absolute atomic E-state index is 4.32. The smallest absolute Gasteiger partial charge is 0.105 e. The number of para-hydroxylation sites is 1. The SMILES string of the molecule is BrCC=Cc1cnn(-c2ccccc2)n1. The molecule has 0 aliphatic carbocycles. The first-order valence-electron chi connectivity index (χ1n) is 4.60. The molecule has 0 aliphatic rings. The van der Waals surface area contributed by atoms with Crippen LogP contribution in [-0.2, 0) is 0 Å². The molecule has 0 radical (unpaired) electrons. The average molecular weight is 264 g/mol. The molecule has 4 heteroatoms. The molecule has 2 aromatic rings. The minimum Gasteiger partial charge on any atom is -0.156 e. The standard InChI is InChI=1S/C11H10BrN3/c12-8-4-5-10-9-13-15(14-10)11-6-2-1-3-7-11/h1-7,9H,8H2. The highest BCUT2D eigenvalue weighted by Gasteiger charge is 1.98. The second-order valence-electron chi connectivity index (χ2n) is 2.95. The van der Waals surface area contributed by atoms with E-state index in [2.05, 4.69) is 26.1 Å². The van der Waals surface area contributed by atoms with Crippen LogP contribution in [0.4, 0.5) is 0 Å². The zero-order valence-electron chi connectivity index (χ0n) is 8.05. The molecular formula is C11H10BrN3. The van der Waals surface area contributed by atoms with Gasteiger partial charge in [0.15, 0.2) is 0 Å². The van der Waals surface area contributed by atoms with Gasteiger partial charge in [0, 0.05) is 5.33 Å². The number of nitrogens with zero attached hydrogens (tertiary/aromatic N) is 3. The number of aromatic nitrogens is 3. The Balaban J connectivity index is 2.24. The Morgan fingerprint density at radius 1 is 1.27 bits per heavy atom. The Morgan fingerprint density at radius 3 is 2.80 bits per heavy atom. The van der Waals surface area contributed by atoms with Crippen molar-refractivity contribution in [2.45, 2.75) is 0 Å². The minimum atomic E-state index is 0.825. The highest BCUT2D eigenvalue weighted by atomic mass is 79.9. The van der Waals surface area contributed by atoms with Gasteiger partial charge in [-0.2, -0.15) is 9.90 Å². The molecule has 2 rings (SSSR count). The predicted octanol–water partition coefficient (Wildman–Crippen LogP) is 2.68. The quantitative estimate of drug-likeness (QED) is 0.798. The van der Waals surface area contributed by atoms with Crippen molar-refractivity contribution < 1.29 is 0 Å². The zero-order valence-corrected chi connectivity index (χ0v) is 9.63. The summed E-state index contributed by atoms with van der Waals surface area (Å²) in [6, 6.07) is 9.84. The van der Waals surface area contributed by atoms with Crippen molar-refractivity contribution in [1.29, 1.82) is 0 Å². The average Bonchev–Trinajstić information content (AvgIpc) is 2.76. The van der Waals surface area contributed by atoms with Crippen molar-refractivity contribution in [2.75, 3.05) is 5.33 Å². The van der Waals surface area contributed by atoms with Gasteiger partial charge in [-0.15, -0.1) is 5.10 Å². The van der Waals surface area contributed by atoms with Crippen LogP contribution in [0.25, 0.3) is 11.8 Å². The third-order valence-electron chi connectivity index (χ3n) is 1.87. The van der Waals surface area contributed by atoms with Crippen molar-refractivity contribution in [3.05, 3.63) is 48.3 Å². The normalized spacial score (nSPS) is 11.0. The second kappa shape index (κ2) is 4.89. The van der Waals surface area contributed by atoms with Gasteiger partial charge in [-0.1, -0.05) is 40.2 Å². The van der Waals surface area contributed by atoms with Crippen molar-refractivity contribution in [3.8, 4) is 5.69 Å². The number of hydrogen-bond donors (Lipinski definition) is 0. The molecule has 0 spiro atoms. The van der Waals surface area contributed by atoms with Crippen LogP contribution in [0.2, 0.25) is 0 Å². The Hall–Kier alpha value is -1.42. The van der Waals surface area contributed by atoms with Crippen molar-refractivity contribution in [1.82, 2.24) is 15.0 Å². The lowest BCUT2D eigenvalue weighted by Crippen LogP contribution is -1.97. The molecule has 0 fully saturated rings. The summed E-state index contributed by atoms with van der Waals surface area (Å²) in [4.78, 5) is 1.62. The molecule has 1 aromatic carbocycles. The Bertz CT molecular complexity index is 448. The van der Waals surface area contributed by atoms with Gasteiger partial charge in [0.1, 0.15) is 5.69 Å². The van der Waals surface area contributed by atoms with Crippen LogP contribution < -0.4 is 0 Å². The molecule has 0 aliphatic heterocycles. The zero-order chi connectivity index (χ0) is 10.5. The van der Waals surface area contributed by atoms with E-state index in [0.29, 0.717) is 0 Å². The van der Waals surface area contributed by atoms with Gasteiger partial charge in [0.2, 0.25) is 0 Å². The van der Waals surface area contributed by atoms with E-state index < -0.39 is 0 Å². The van der Waals surface area contributed by atoms with E-state index in [0.717, 1.165) is 16.7 Å². The Kier molecular flexibility index (Phi) is 3.29. The lowest BCUT2D eigenvalue weighted by molar-refractivity contribution is 0.750. The van der Waals surface area contributed by atoms with E-state index in [9.17, 15) is 0 Å². The van der Waals surface area contributed by atoms with E-state index in [1.807, 2.05) is 42.5 Å². The number of hydrogen-bond acceptors (Lipinski definition) is 2. The molecule has 0 amide bonds. The summed E-state index contributed by atoms with van der Waals surface area (Å²) in [5.74, 6) is 0. The fourth-order valence-corrected chi connectivity index (χ4v) is 1.39. The highest BCUT2D eigenvalue weighted by molar-refractivity contribution is 9.09. The summed E-state index contributed by atoms with van der Waals surface area (Å²) < 4.78 is 0. The number of halogens is 1. The number of benzene rings is 1. The van der Waals surface area contributed by atoms with Crippen LogP contribution in [0.1, 0.15) is 5.69 Å². The topological polar surface area (TPSA) is 30.7 Å². The van der Waals surface area contributed by atoms with Gasteiger partial charge < -0.3 is 0 Å². The number of rotatable bonds is 3. The summed E-state index contributed by atoms with van der Waals surface area (Å²) in [6.07, 6.45) is 5.66. The van der Waals surface area contributed by atoms with E-state index in [1.165, 1.54) is 0 Å². The summed E-state index contributed by atoms with van der Waals surface area (Å²) in [7, 11) is 0. The molecule has 0 saturated heterocycles. The van der Waals surface area contributed by atoms with E-state index in [4.69, 9.17) is 0 Å². The van der Waals surface area contributed by atoms with Gasteiger partial charge in [-0.25, -0.2) is 0 Å². The molecule has 76 valence electrons. The van der Waals surface area contributed by atoms with Gasteiger partial charge in [0.05, 0.1) is 11.9 Å². The van der Waals surface area contributed by atoms with E-state index >= 15 is 0 Å². The number of allylic oxidation sites excluding steroid dienone is 1. The van der Waals surface area contributed by atoms with Crippen molar-refractivity contribution >= 4 is 22.0 Å². The molecule has 1 heterocycles. The minimum absolute atomic E-state index is 0.825. The third-order valence-corrected chi connectivity index (χ3v) is 2.25. The molecule has 1 aromatic heterocycles. The molecule has 0 unspecified atom stereocenters. The van der Waals surface area contributed by atoms with Gasteiger partial charge in [-0.05, 0) is 18.2 Å². The summed E-state index contributed by atoms with van der Waals surface area (Å²) in [5, 5.41) is 9.32. The molecule has 15 heavy (non-hydrogen) atoms. The maximum atomic E-state index is 4.32. The largest absolute Gasteiger partial charge is 0.156 e. The summed E-state index contributed by atoms with van der Waals surface area (Å²) >= 11 is 3.32. The molecule has 0 atom stereocenters. The van der Waals surface area contributed by atoms with Gasteiger partial charge in [-0.3, -0.25) is 0 Å². The molecule has 0 bridgehead atoms. The predicted molar refractivity (Wildman–Crippen MR) is 64.2 cm³/mol.